The molecule has 1 amide bonds. The molecule has 1 aliphatic carbocycles. The maximum Gasteiger partial charge on any atom is 0.307 e. The van der Waals surface area contributed by atoms with Gasteiger partial charge in [-0.3, -0.25) is 9.59 Å². The predicted molar refractivity (Wildman–Crippen MR) is 102 cm³/mol. The fourth-order valence-electron chi connectivity index (χ4n) is 3.82. The largest absolute Gasteiger partial charge is 0.493 e. The van der Waals surface area contributed by atoms with Gasteiger partial charge in [0, 0.05) is 18.7 Å². The number of halogens is 1. The van der Waals surface area contributed by atoms with Crippen LogP contribution in [0.2, 0.25) is 5.02 Å². The molecule has 0 aromatic heterocycles. The number of ether oxygens (including phenoxy) is 2. The van der Waals surface area contributed by atoms with Gasteiger partial charge in [0.15, 0.2) is 11.5 Å². The number of aliphatic carboxylic acids is 1. The number of hydrogen-bond donors (Lipinski definition) is 1. The van der Waals surface area contributed by atoms with Crippen LogP contribution in [0.15, 0.2) is 12.1 Å². The highest BCUT2D eigenvalue weighted by Gasteiger charge is 2.59. The number of carboxylic acids is 1. The number of carboxylic acid groups (broad SMARTS) is 1. The minimum absolute atomic E-state index is 0.105. The third kappa shape index (κ3) is 4.00. The van der Waals surface area contributed by atoms with Crippen molar-refractivity contribution in [2.75, 3.05) is 26.8 Å². The van der Waals surface area contributed by atoms with E-state index in [1.165, 1.54) is 7.11 Å². The second-order valence-corrected chi connectivity index (χ2v) is 8.35. The van der Waals surface area contributed by atoms with Crippen LogP contribution in [-0.4, -0.2) is 48.7 Å². The Morgan fingerprint density at radius 3 is 2.52 bits per heavy atom. The van der Waals surface area contributed by atoms with Gasteiger partial charge in [0.2, 0.25) is 0 Å². The summed E-state index contributed by atoms with van der Waals surface area (Å²) in [4.78, 5) is 25.9. The summed E-state index contributed by atoms with van der Waals surface area (Å²) in [6, 6.07) is 3.27. The second-order valence-electron chi connectivity index (χ2n) is 7.94. The molecule has 1 aromatic carbocycles. The van der Waals surface area contributed by atoms with Gasteiger partial charge >= 0.3 is 5.97 Å². The SMILES string of the molecule is COc1cc(C(=O)N2CCC3(CC2)CC3C(=O)O)cc(Cl)c1OCC(C)C. The highest BCUT2D eigenvalue weighted by molar-refractivity contribution is 6.32. The molecule has 1 saturated carbocycles. The van der Waals surface area contributed by atoms with Crippen molar-refractivity contribution in [3.8, 4) is 11.5 Å². The van der Waals surface area contributed by atoms with Gasteiger partial charge in [-0.25, -0.2) is 0 Å². The van der Waals surface area contributed by atoms with Crippen LogP contribution < -0.4 is 9.47 Å². The first kappa shape index (κ1) is 19.8. The number of amides is 1. The van der Waals surface area contributed by atoms with E-state index in [0.717, 1.165) is 19.3 Å². The van der Waals surface area contributed by atoms with Crippen molar-refractivity contribution < 1.29 is 24.2 Å². The average molecular weight is 396 g/mol. The zero-order chi connectivity index (χ0) is 19.8. The fourth-order valence-corrected chi connectivity index (χ4v) is 4.09. The monoisotopic (exact) mass is 395 g/mol. The van der Waals surface area contributed by atoms with Crippen LogP contribution in [0.1, 0.15) is 43.5 Å². The van der Waals surface area contributed by atoms with Crippen molar-refractivity contribution in [2.24, 2.45) is 17.3 Å². The van der Waals surface area contributed by atoms with Crippen molar-refractivity contribution in [3.63, 3.8) is 0 Å². The molecule has 1 N–H and O–H groups in total. The summed E-state index contributed by atoms with van der Waals surface area (Å²) in [5.74, 6) is 0.139. The molecule has 1 atom stereocenters. The minimum atomic E-state index is -0.719. The number of methoxy groups -OCH3 is 1. The summed E-state index contributed by atoms with van der Waals surface area (Å²) >= 11 is 6.35. The quantitative estimate of drug-likeness (QED) is 0.794. The lowest BCUT2D eigenvalue weighted by Crippen LogP contribution is -2.40. The molecule has 1 aliphatic heterocycles. The Hall–Kier alpha value is -1.95. The lowest BCUT2D eigenvalue weighted by Gasteiger charge is -2.32. The predicted octanol–water partition coefficient (Wildman–Crippen LogP) is 3.71. The summed E-state index contributed by atoms with van der Waals surface area (Å²) in [7, 11) is 1.52. The van der Waals surface area contributed by atoms with Crippen molar-refractivity contribution in [2.45, 2.75) is 33.1 Å². The third-order valence-corrected chi connectivity index (χ3v) is 5.85. The van der Waals surface area contributed by atoms with Crippen LogP contribution in [0.3, 0.4) is 0 Å². The van der Waals surface area contributed by atoms with Crippen molar-refractivity contribution in [1.29, 1.82) is 0 Å². The Labute approximate surface area is 164 Å². The van der Waals surface area contributed by atoms with Gasteiger partial charge in [-0.1, -0.05) is 25.4 Å². The topological polar surface area (TPSA) is 76.1 Å². The van der Waals surface area contributed by atoms with E-state index in [-0.39, 0.29) is 17.2 Å². The van der Waals surface area contributed by atoms with E-state index in [0.29, 0.717) is 47.7 Å². The molecule has 1 saturated heterocycles. The second kappa shape index (κ2) is 7.58. The van der Waals surface area contributed by atoms with Crippen LogP contribution in [0, 0.1) is 17.3 Å². The molecule has 2 fully saturated rings. The first-order valence-corrected chi connectivity index (χ1v) is 9.67. The van der Waals surface area contributed by atoms with Gasteiger partial charge < -0.3 is 19.5 Å². The number of rotatable bonds is 6. The lowest BCUT2D eigenvalue weighted by atomic mass is 9.90. The van der Waals surface area contributed by atoms with Gasteiger partial charge in [0.05, 0.1) is 24.7 Å². The van der Waals surface area contributed by atoms with Gasteiger partial charge in [-0.2, -0.15) is 0 Å². The van der Waals surface area contributed by atoms with E-state index in [1.807, 2.05) is 13.8 Å². The van der Waals surface area contributed by atoms with Crippen LogP contribution in [0.5, 0.6) is 11.5 Å². The van der Waals surface area contributed by atoms with Gasteiger partial charge in [0.25, 0.3) is 5.91 Å². The molecule has 1 aromatic rings. The van der Waals surface area contributed by atoms with E-state index in [4.69, 9.17) is 21.1 Å². The summed E-state index contributed by atoms with van der Waals surface area (Å²) in [6.45, 7) is 5.71. The standard InChI is InChI=1S/C20H26ClNO5/c1-12(2)11-27-17-15(21)8-13(9-16(17)26-3)18(23)22-6-4-20(5-7-22)10-14(20)19(24)25/h8-9,12,14H,4-7,10-11H2,1-3H3,(H,24,25). The minimum Gasteiger partial charge on any atom is -0.493 e. The number of nitrogens with zero attached hydrogens (tertiary/aromatic N) is 1. The number of benzene rings is 1. The van der Waals surface area contributed by atoms with Gasteiger partial charge in [0.1, 0.15) is 0 Å². The highest BCUT2D eigenvalue weighted by atomic mass is 35.5. The molecule has 7 heteroatoms. The summed E-state index contributed by atoms with van der Waals surface area (Å²) in [5.41, 5.74) is 0.349. The summed E-state index contributed by atoms with van der Waals surface area (Å²) in [5, 5.41) is 9.54. The van der Waals surface area contributed by atoms with Crippen LogP contribution >= 0.6 is 11.6 Å². The van der Waals surface area contributed by atoms with Crippen molar-refractivity contribution in [1.82, 2.24) is 4.90 Å². The number of likely N-dealkylation sites (tertiary alicyclic amines) is 1. The molecule has 1 heterocycles. The third-order valence-electron chi connectivity index (χ3n) is 5.57. The van der Waals surface area contributed by atoms with Gasteiger partial charge in [-0.15, -0.1) is 0 Å². The molecule has 2 aliphatic rings. The highest BCUT2D eigenvalue weighted by Crippen LogP contribution is 2.59. The molecule has 0 bridgehead atoms. The molecule has 0 radical (unpaired) electrons. The van der Waals surface area contributed by atoms with Gasteiger partial charge in [-0.05, 0) is 42.7 Å². The number of carbonyl (C=O) groups excluding carboxylic acids is 1. The maximum absolute atomic E-state index is 12.9. The number of piperidine rings is 1. The Morgan fingerprint density at radius 1 is 1.33 bits per heavy atom. The van der Waals surface area contributed by atoms with E-state index >= 15 is 0 Å². The maximum atomic E-state index is 12.9. The molecular formula is C20H26ClNO5. The smallest absolute Gasteiger partial charge is 0.307 e. The van der Waals surface area contributed by atoms with Crippen LogP contribution in [0.25, 0.3) is 0 Å². The van der Waals surface area contributed by atoms with Crippen LogP contribution in [-0.2, 0) is 4.79 Å². The lowest BCUT2D eigenvalue weighted by molar-refractivity contribution is -0.139. The Balaban J connectivity index is 1.70. The Kier molecular flexibility index (Phi) is 5.56. The van der Waals surface area contributed by atoms with Crippen molar-refractivity contribution >= 4 is 23.5 Å². The normalized spacial score (nSPS) is 20.6. The molecule has 148 valence electrons. The van der Waals surface area contributed by atoms with E-state index < -0.39 is 5.97 Å². The average Bonchev–Trinajstić information content (AvgIpc) is 3.33. The molecule has 27 heavy (non-hydrogen) atoms. The molecule has 6 nitrogen and oxygen atoms in total. The first-order chi connectivity index (χ1) is 12.8. The van der Waals surface area contributed by atoms with E-state index in [9.17, 15) is 14.7 Å². The van der Waals surface area contributed by atoms with E-state index in [2.05, 4.69) is 0 Å². The fraction of sp³-hybridized carbons (Fsp3) is 0.600. The molecule has 1 spiro atoms. The Bertz CT molecular complexity index is 740. The van der Waals surface area contributed by atoms with Crippen molar-refractivity contribution in [3.05, 3.63) is 22.7 Å². The summed E-state index contributed by atoms with van der Waals surface area (Å²) in [6.07, 6.45) is 2.19. The molecule has 1 unspecified atom stereocenters. The zero-order valence-corrected chi connectivity index (χ0v) is 16.7. The number of carbonyl (C=O) groups is 2. The molecule has 3 rings (SSSR count). The first-order valence-electron chi connectivity index (χ1n) is 9.30. The zero-order valence-electron chi connectivity index (χ0n) is 16.0. The number of hydrogen-bond acceptors (Lipinski definition) is 4. The summed E-state index contributed by atoms with van der Waals surface area (Å²) < 4.78 is 11.1. The van der Waals surface area contributed by atoms with Crippen LogP contribution in [0.4, 0.5) is 0 Å². The van der Waals surface area contributed by atoms with E-state index in [1.54, 1.807) is 17.0 Å². The molecular weight excluding hydrogens is 370 g/mol. The Morgan fingerprint density at radius 2 is 2.00 bits per heavy atom.